The third-order valence-electron chi connectivity index (χ3n) is 15.6. The van der Waals surface area contributed by atoms with Crippen LogP contribution < -0.4 is 9.80 Å². The predicted octanol–water partition coefficient (Wildman–Crippen LogP) is 15.1. The summed E-state index contributed by atoms with van der Waals surface area (Å²) in [7, 11) is 8.34. The first-order valence-corrected chi connectivity index (χ1v) is 26.1. The number of hydrogen-bond acceptors (Lipinski definition) is 6. The van der Waals surface area contributed by atoms with Gasteiger partial charge in [0.05, 0.1) is 32.8 Å². The van der Waals surface area contributed by atoms with Crippen molar-refractivity contribution in [1.82, 2.24) is 0 Å². The van der Waals surface area contributed by atoms with Gasteiger partial charge < -0.3 is 9.80 Å². The van der Waals surface area contributed by atoms with Gasteiger partial charge >= 0.3 is 0 Å². The molecule has 0 amide bonds. The monoisotopic (exact) mass is 960 g/mol. The maximum Gasteiger partial charge on any atom is 0.0991 e. The van der Waals surface area contributed by atoms with Crippen LogP contribution in [0.5, 0.6) is 0 Å². The van der Waals surface area contributed by atoms with Crippen molar-refractivity contribution >= 4 is 55.9 Å². The molecule has 0 radical (unpaired) electrons. The highest BCUT2D eigenvalue weighted by molar-refractivity contribution is 8.10. The van der Waals surface area contributed by atoms with Gasteiger partial charge in [0.1, 0.15) is 0 Å². The quantitative estimate of drug-likeness (QED) is 0.166. The highest BCUT2D eigenvalue weighted by atomic mass is 32.2. The van der Waals surface area contributed by atoms with Crippen LogP contribution in [0.1, 0.15) is 89.7 Å². The van der Waals surface area contributed by atoms with Crippen LogP contribution in [0.2, 0.25) is 0 Å². The number of anilines is 2. The fourth-order valence-corrected chi connectivity index (χ4v) is 15.6. The van der Waals surface area contributed by atoms with E-state index in [1.165, 1.54) is 99.1 Å². The number of benzene rings is 8. The summed E-state index contributed by atoms with van der Waals surface area (Å²) in [4.78, 5) is 6.80. The molecular weight excluding hydrogens is 913 g/mol. The van der Waals surface area contributed by atoms with E-state index < -0.39 is 0 Å². The van der Waals surface area contributed by atoms with Crippen molar-refractivity contribution in [3.63, 3.8) is 0 Å². The van der Waals surface area contributed by atoms with Gasteiger partial charge in [-0.25, -0.2) is 0 Å². The lowest BCUT2D eigenvalue weighted by molar-refractivity contribution is 0.761. The maximum absolute atomic E-state index is 9.30. The minimum absolute atomic E-state index is 0.205. The Bertz CT molecular complexity index is 3420. The molecule has 2 spiro atoms. The molecule has 344 valence electrons. The van der Waals surface area contributed by atoms with Gasteiger partial charge in [-0.1, -0.05) is 146 Å². The Morgan fingerprint density at radius 3 is 0.958 bits per heavy atom. The zero-order valence-corrected chi connectivity index (χ0v) is 42.0. The van der Waals surface area contributed by atoms with Crippen molar-refractivity contribution in [2.45, 2.75) is 21.3 Å². The Morgan fingerprint density at radius 2 is 0.667 bits per heavy atom. The molecule has 8 aromatic carbocycles. The highest BCUT2D eigenvalue weighted by Gasteiger charge is 2.57. The first-order chi connectivity index (χ1) is 35.2. The molecule has 0 atom stereocenters. The molecule has 0 N–H and O–H groups in total. The van der Waals surface area contributed by atoms with Gasteiger partial charge in [-0.05, 0) is 150 Å². The molecule has 8 aromatic rings. The number of nitrogens with zero attached hydrogens (tertiary/aromatic N) is 4. The minimum Gasteiger partial charge on any atom is -0.378 e. The second-order valence-electron chi connectivity index (χ2n) is 19.7. The fraction of sp³-hybridized carbons (Fsp3) is 0.121. The summed E-state index contributed by atoms with van der Waals surface area (Å²) in [5.74, 6) is 0.410. The molecule has 8 aliphatic rings. The summed E-state index contributed by atoms with van der Waals surface area (Å²) < 4.78 is -0.554. The van der Waals surface area contributed by atoms with Gasteiger partial charge in [-0.2, -0.15) is 10.5 Å². The number of nitriles is 2. The van der Waals surface area contributed by atoms with Gasteiger partial charge in [-0.15, -0.1) is 23.5 Å². The lowest BCUT2D eigenvalue weighted by Crippen LogP contribution is -2.37. The van der Waals surface area contributed by atoms with Gasteiger partial charge in [-0.3, -0.25) is 0 Å². The molecule has 2 heterocycles. The molecule has 4 nitrogen and oxygen atoms in total. The third-order valence-corrected chi connectivity index (χ3v) is 18.7. The maximum atomic E-state index is 9.30. The van der Waals surface area contributed by atoms with Gasteiger partial charge in [0.25, 0.3) is 0 Å². The first-order valence-electron chi connectivity index (χ1n) is 24.5. The van der Waals surface area contributed by atoms with E-state index in [-0.39, 0.29) is 21.3 Å². The van der Waals surface area contributed by atoms with E-state index in [2.05, 4.69) is 232 Å². The molecule has 2 aliphatic heterocycles. The average molecular weight is 961 g/mol. The van der Waals surface area contributed by atoms with Crippen molar-refractivity contribution in [1.29, 1.82) is 10.5 Å². The molecule has 6 aliphatic carbocycles. The van der Waals surface area contributed by atoms with E-state index in [1.807, 2.05) is 47.8 Å². The summed E-state index contributed by atoms with van der Waals surface area (Å²) in [6.07, 6.45) is 4.83. The number of allylic oxidation sites excluding steroid dienone is 4. The SMILES string of the molecule is CN(C)c1ccc(C2=C3C=C(c4ccc(C#N)cc4)SC34c3ccccc3C2c2ccccc24)cc1.CN(C)c1ccc(C2=C3C=C(c4ccc(C#N)cc4)SC34c3ccccc3C2c2ccccc24)cc1. The van der Waals surface area contributed by atoms with Crippen LogP contribution >= 0.6 is 23.5 Å². The fourth-order valence-electron chi connectivity index (χ4n) is 12.4. The lowest BCUT2D eigenvalue weighted by atomic mass is 9.59. The second-order valence-corrected chi connectivity index (χ2v) is 22.2. The van der Waals surface area contributed by atoms with Gasteiger partial charge in [0.15, 0.2) is 0 Å². The third kappa shape index (κ3) is 6.39. The smallest absolute Gasteiger partial charge is 0.0991 e. The molecule has 0 aromatic heterocycles. The topological polar surface area (TPSA) is 54.1 Å². The lowest BCUT2D eigenvalue weighted by Gasteiger charge is -2.49. The molecule has 0 saturated heterocycles. The Labute approximate surface area is 430 Å². The molecule has 0 unspecified atom stereocenters. The van der Waals surface area contributed by atoms with Crippen molar-refractivity contribution in [2.75, 3.05) is 38.0 Å². The molecular formula is C66H48N4S2. The van der Waals surface area contributed by atoms with E-state index >= 15 is 0 Å². The van der Waals surface area contributed by atoms with Crippen LogP contribution in [0.15, 0.2) is 217 Å². The molecule has 4 bridgehead atoms. The van der Waals surface area contributed by atoms with Crippen LogP contribution in [-0.4, -0.2) is 28.2 Å². The number of thioether (sulfide) groups is 2. The van der Waals surface area contributed by atoms with Crippen LogP contribution in [0, 0.1) is 22.7 Å². The Morgan fingerprint density at radius 1 is 0.375 bits per heavy atom. The van der Waals surface area contributed by atoms with Gasteiger partial charge in [0, 0.05) is 61.2 Å². The first kappa shape index (κ1) is 44.0. The van der Waals surface area contributed by atoms with E-state index in [4.69, 9.17) is 0 Å². The Balaban J connectivity index is 0.000000140. The number of hydrogen-bond donors (Lipinski definition) is 0. The normalized spacial score (nSPS) is 20.8. The summed E-state index contributed by atoms with van der Waals surface area (Å²) >= 11 is 3.90. The van der Waals surface area contributed by atoms with Crippen LogP contribution in [0.25, 0.3) is 21.0 Å². The number of rotatable bonds is 6. The zero-order chi connectivity index (χ0) is 48.9. The largest absolute Gasteiger partial charge is 0.378 e. The molecule has 16 rings (SSSR count). The second kappa shape index (κ2) is 16.8. The van der Waals surface area contributed by atoms with Crippen LogP contribution in [0.3, 0.4) is 0 Å². The van der Waals surface area contributed by atoms with Crippen molar-refractivity contribution in [2.24, 2.45) is 0 Å². The highest BCUT2D eigenvalue weighted by Crippen LogP contribution is 2.72. The van der Waals surface area contributed by atoms with E-state index in [0.717, 1.165) is 11.1 Å². The Kier molecular flexibility index (Phi) is 10.3. The standard InChI is InChI=1S/2C33H24N2S/c2*1-35(2)24-17-15-23(16-18-24)31-29-19-30(22-13-11-21(20-34)12-14-22)36-33(29)27-9-5-3-7-25(27)32(31)26-8-4-6-10-28(26)33/h2*3-19,32H,1-2H3. The van der Waals surface area contributed by atoms with E-state index in [9.17, 15) is 10.5 Å². The summed E-state index contributed by atoms with van der Waals surface area (Å²) in [5.41, 5.74) is 25.6. The van der Waals surface area contributed by atoms with Crippen LogP contribution in [-0.2, 0) is 9.49 Å². The van der Waals surface area contributed by atoms with Crippen molar-refractivity contribution < 1.29 is 0 Å². The minimum atomic E-state index is -0.277. The molecule has 0 fully saturated rings. The summed E-state index contributed by atoms with van der Waals surface area (Å²) in [5, 5.41) is 18.6. The van der Waals surface area contributed by atoms with Gasteiger partial charge in [0.2, 0.25) is 0 Å². The average Bonchev–Trinajstić information content (AvgIpc) is 4.06. The van der Waals surface area contributed by atoms with Crippen molar-refractivity contribution in [3.8, 4) is 12.1 Å². The zero-order valence-electron chi connectivity index (χ0n) is 40.4. The van der Waals surface area contributed by atoms with E-state index in [0.29, 0.717) is 11.1 Å². The van der Waals surface area contributed by atoms with E-state index in [1.54, 1.807) is 0 Å². The summed E-state index contributed by atoms with van der Waals surface area (Å²) in [6, 6.07) is 74.6. The molecule has 0 saturated carbocycles. The molecule has 72 heavy (non-hydrogen) atoms. The van der Waals surface area contributed by atoms with Crippen molar-refractivity contribution in [3.05, 3.63) is 295 Å². The summed E-state index contributed by atoms with van der Waals surface area (Å²) in [6.45, 7) is 0. The predicted molar refractivity (Wildman–Crippen MR) is 300 cm³/mol. The molecule has 6 heteroatoms. The van der Waals surface area contributed by atoms with Crippen LogP contribution in [0.4, 0.5) is 11.4 Å². The Hall–Kier alpha value is -8.00.